The Balaban J connectivity index is 2.12. The smallest absolute Gasteiger partial charge is 0.0551 e. The molecule has 0 bridgehead atoms. The van der Waals surface area contributed by atoms with Crippen molar-refractivity contribution in [3.63, 3.8) is 0 Å². The molecule has 0 saturated carbocycles. The lowest BCUT2D eigenvalue weighted by molar-refractivity contribution is 1.51. The van der Waals surface area contributed by atoms with Gasteiger partial charge in [0.25, 0.3) is 0 Å². The number of hydrogen-bond donors (Lipinski definition) is 1. The standard InChI is InChI=1S/C24H17Br2N/c25-22-19(16-10-4-1-5-11-16)20(17-12-6-2-7-13-17)24(27)23(26)21(22)18-14-8-3-9-15-18/h1-15H,27H2. The van der Waals surface area contributed by atoms with E-state index < -0.39 is 0 Å². The van der Waals surface area contributed by atoms with E-state index >= 15 is 0 Å². The highest BCUT2D eigenvalue weighted by Gasteiger charge is 2.22. The topological polar surface area (TPSA) is 26.0 Å². The lowest BCUT2D eigenvalue weighted by Gasteiger charge is -2.21. The number of nitrogen functional groups attached to an aromatic ring is 1. The van der Waals surface area contributed by atoms with Crippen LogP contribution in [0.2, 0.25) is 0 Å². The second-order valence-electron chi connectivity index (χ2n) is 6.26. The molecule has 0 fully saturated rings. The molecule has 0 aliphatic rings. The molecular formula is C24H17Br2N. The van der Waals surface area contributed by atoms with Crippen LogP contribution in [0, 0.1) is 0 Å². The first-order chi connectivity index (χ1) is 13.2. The van der Waals surface area contributed by atoms with Crippen LogP contribution in [0.3, 0.4) is 0 Å². The van der Waals surface area contributed by atoms with Crippen molar-refractivity contribution in [2.24, 2.45) is 0 Å². The van der Waals surface area contributed by atoms with Crippen molar-refractivity contribution in [1.82, 2.24) is 0 Å². The number of hydrogen-bond acceptors (Lipinski definition) is 1. The van der Waals surface area contributed by atoms with E-state index in [1.54, 1.807) is 0 Å². The molecule has 3 heteroatoms. The number of nitrogens with two attached hydrogens (primary N) is 1. The maximum Gasteiger partial charge on any atom is 0.0551 e. The minimum Gasteiger partial charge on any atom is -0.397 e. The van der Waals surface area contributed by atoms with Crippen molar-refractivity contribution in [2.75, 3.05) is 5.73 Å². The summed E-state index contributed by atoms with van der Waals surface area (Å²) in [6.45, 7) is 0. The van der Waals surface area contributed by atoms with Crippen LogP contribution in [0.5, 0.6) is 0 Å². The summed E-state index contributed by atoms with van der Waals surface area (Å²) in [7, 11) is 0. The molecule has 0 atom stereocenters. The summed E-state index contributed by atoms with van der Waals surface area (Å²) in [6, 6.07) is 31.0. The third-order valence-corrected chi connectivity index (χ3v) is 6.22. The summed E-state index contributed by atoms with van der Waals surface area (Å²) in [5.41, 5.74) is 13.9. The second kappa shape index (κ2) is 7.71. The van der Waals surface area contributed by atoms with Crippen LogP contribution in [0.25, 0.3) is 33.4 Å². The molecule has 0 spiro atoms. The maximum absolute atomic E-state index is 6.69. The normalized spacial score (nSPS) is 10.7. The Morgan fingerprint density at radius 1 is 0.444 bits per heavy atom. The van der Waals surface area contributed by atoms with Gasteiger partial charge in [-0.1, -0.05) is 91.0 Å². The first-order valence-corrected chi connectivity index (χ1v) is 10.2. The summed E-state index contributed by atoms with van der Waals surface area (Å²) in [4.78, 5) is 0. The number of benzene rings is 4. The van der Waals surface area contributed by atoms with Gasteiger partial charge in [0.1, 0.15) is 0 Å². The Labute approximate surface area is 176 Å². The molecule has 0 unspecified atom stereocenters. The summed E-state index contributed by atoms with van der Waals surface area (Å²) in [5, 5.41) is 0. The second-order valence-corrected chi connectivity index (χ2v) is 7.85. The number of halogens is 2. The highest BCUT2D eigenvalue weighted by atomic mass is 79.9. The molecule has 1 nitrogen and oxygen atoms in total. The summed E-state index contributed by atoms with van der Waals surface area (Å²) in [6.07, 6.45) is 0. The molecule has 0 saturated heterocycles. The monoisotopic (exact) mass is 477 g/mol. The third kappa shape index (κ3) is 3.33. The first kappa shape index (κ1) is 18.0. The molecule has 0 aliphatic heterocycles. The molecule has 4 aromatic carbocycles. The van der Waals surface area contributed by atoms with Gasteiger partial charge in [0.2, 0.25) is 0 Å². The average molecular weight is 479 g/mol. The van der Waals surface area contributed by atoms with Crippen molar-refractivity contribution in [3.8, 4) is 33.4 Å². The molecule has 0 aliphatic carbocycles. The zero-order valence-corrected chi connectivity index (χ0v) is 17.7. The Bertz CT molecular complexity index is 1080. The van der Waals surface area contributed by atoms with E-state index in [1.165, 1.54) is 0 Å². The van der Waals surface area contributed by atoms with E-state index in [9.17, 15) is 0 Å². The van der Waals surface area contributed by atoms with Crippen molar-refractivity contribution >= 4 is 37.5 Å². The third-order valence-electron chi connectivity index (χ3n) is 4.60. The number of rotatable bonds is 3. The van der Waals surface area contributed by atoms with Crippen molar-refractivity contribution in [2.45, 2.75) is 0 Å². The highest BCUT2D eigenvalue weighted by molar-refractivity contribution is 9.11. The Hall–Kier alpha value is -2.36. The van der Waals surface area contributed by atoms with E-state index in [1.807, 2.05) is 42.5 Å². The zero-order chi connectivity index (χ0) is 18.8. The lowest BCUT2D eigenvalue weighted by atomic mass is 9.89. The minimum absolute atomic E-state index is 0.738. The molecular weight excluding hydrogens is 462 g/mol. The van der Waals surface area contributed by atoms with E-state index in [-0.39, 0.29) is 0 Å². The van der Waals surface area contributed by atoms with E-state index in [0.717, 1.165) is 48.0 Å². The maximum atomic E-state index is 6.69. The van der Waals surface area contributed by atoms with Gasteiger partial charge in [0.15, 0.2) is 0 Å². The van der Waals surface area contributed by atoms with Gasteiger partial charge in [-0.2, -0.15) is 0 Å². The predicted octanol–water partition coefficient (Wildman–Crippen LogP) is 7.79. The van der Waals surface area contributed by atoms with Crippen LogP contribution >= 0.6 is 31.9 Å². The van der Waals surface area contributed by atoms with Crippen molar-refractivity contribution < 1.29 is 0 Å². The first-order valence-electron chi connectivity index (χ1n) is 8.65. The summed E-state index contributed by atoms with van der Waals surface area (Å²) in [5.74, 6) is 0. The molecule has 0 radical (unpaired) electrons. The Morgan fingerprint density at radius 3 is 1.26 bits per heavy atom. The fraction of sp³-hybridized carbons (Fsp3) is 0. The number of anilines is 1. The predicted molar refractivity (Wildman–Crippen MR) is 123 cm³/mol. The molecule has 132 valence electrons. The van der Waals surface area contributed by atoms with Gasteiger partial charge in [-0.3, -0.25) is 0 Å². The average Bonchev–Trinajstić information content (AvgIpc) is 2.73. The molecule has 0 amide bonds. The van der Waals surface area contributed by atoms with Crippen molar-refractivity contribution in [1.29, 1.82) is 0 Å². The molecule has 0 aromatic heterocycles. The minimum atomic E-state index is 0.738. The van der Waals surface area contributed by atoms with E-state index in [4.69, 9.17) is 5.73 Å². The fourth-order valence-corrected chi connectivity index (χ4v) is 5.09. The highest BCUT2D eigenvalue weighted by Crippen LogP contribution is 2.50. The van der Waals surface area contributed by atoms with Crippen LogP contribution in [0.15, 0.2) is 99.9 Å². The van der Waals surface area contributed by atoms with Gasteiger partial charge in [0.05, 0.1) is 10.2 Å². The van der Waals surface area contributed by atoms with E-state index in [0.29, 0.717) is 0 Å². The molecule has 27 heavy (non-hydrogen) atoms. The quantitative estimate of drug-likeness (QED) is 0.298. The summed E-state index contributed by atoms with van der Waals surface area (Å²) < 4.78 is 1.93. The summed E-state index contributed by atoms with van der Waals surface area (Å²) >= 11 is 7.67. The van der Waals surface area contributed by atoms with Crippen LogP contribution in [-0.2, 0) is 0 Å². The van der Waals surface area contributed by atoms with Gasteiger partial charge in [0, 0.05) is 21.2 Å². The van der Waals surface area contributed by atoms with Gasteiger partial charge < -0.3 is 5.73 Å². The molecule has 2 N–H and O–H groups in total. The fourth-order valence-electron chi connectivity index (χ4n) is 3.35. The SMILES string of the molecule is Nc1c(Br)c(-c2ccccc2)c(Br)c(-c2ccccc2)c1-c1ccccc1. The zero-order valence-electron chi connectivity index (χ0n) is 14.5. The van der Waals surface area contributed by atoms with Crippen LogP contribution in [0.4, 0.5) is 5.69 Å². The molecule has 4 aromatic rings. The lowest BCUT2D eigenvalue weighted by Crippen LogP contribution is -1.99. The van der Waals surface area contributed by atoms with Gasteiger partial charge >= 0.3 is 0 Å². The van der Waals surface area contributed by atoms with Crippen LogP contribution in [-0.4, -0.2) is 0 Å². The Kier molecular flexibility index (Phi) is 5.15. The Morgan fingerprint density at radius 2 is 0.815 bits per heavy atom. The van der Waals surface area contributed by atoms with Crippen LogP contribution in [0.1, 0.15) is 0 Å². The van der Waals surface area contributed by atoms with Gasteiger partial charge in [-0.25, -0.2) is 0 Å². The molecule has 0 heterocycles. The van der Waals surface area contributed by atoms with E-state index in [2.05, 4.69) is 80.4 Å². The van der Waals surface area contributed by atoms with Gasteiger partial charge in [-0.15, -0.1) is 0 Å². The molecule has 4 rings (SSSR count). The largest absolute Gasteiger partial charge is 0.397 e. The van der Waals surface area contributed by atoms with Crippen LogP contribution < -0.4 is 5.73 Å². The van der Waals surface area contributed by atoms with Gasteiger partial charge in [-0.05, 0) is 48.6 Å². The van der Waals surface area contributed by atoms with Crippen molar-refractivity contribution in [3.05, 3.63) is 99.9 Å².